The molecule has 0 saturated heterocycles. The van der Waals surface area contributed by atoms with Crippen molar-refractivity contribution in [1.82, 2.24) is 15.2 Å². The zero-order chi connectivity index (χ0) is 22.3. The average molecular weight is 448 g/mol. The van der Waals surface area contributed by atoms with Crippen LogP contribution < -0.4 is 10.1 Å². The van der Waals surface area contributed by atoms with E-state index in [1.165, 1.54) is 5.56 Å². The first-order chi connectivity index (χ1) is 15.6. The second-order valence-electron chi connectivity index (χ2n) is 7.56. The monoisotopic (exact) mass is 447 g/mol. The van der Waals surface area contributed by atoms with E-state index >= 15 is 0 Å². The molecule has 0 atom stereocenters. The summed E-state index contributed by atoms with van der Waals surface area (Å²) in [7, 11) is 0. The van der Waals surface area contributed by atoms with Gasteiger partial charge < -0.3 is 15.0 Å². The molecule has 4 rings (SSSR count). The number of hydrogen-bond donors (Lipinski definition) is 1. The van der Waals surface area contributed by atoms with E-state index in [0.717, 1.165) is 28.1 Å². The van der Waals surface area contributed by atoms with Gasteiger partial charge in [0.2, 0.25) is 5.91 Å². The summed E-state index contributed by atoms with van der Waals surface area (Å²) < 4.78 is 5.61. The molecule has 7 heteroatoms. The SMILES string of the molecule is Cc1ncc2c(c1CNC(=O)/C=C/c1cccs1)CCN(C(=O)COc1ccccc1)C2. The second kappa shape index (κ2) is 10.2. The van der Waals surface area contributed by atoms with Crippen LogP contribution in [0.4, 0.5) is 0 Å². The Labute approximate surface area is 191 Å². The van der Waals surface area contributed by atoms with E-state index in [4.69, 9.17) is 4.74 Å². The normalized spacial score (nSPS) is 13.1. The number of hydrogen-bond acceptors (Lipinski definition) is 5. The standard InChI is InChI=1S/C25H25N3O3S/c1-18-23(15-27-24(29)10-9-21-8-5-13-32-21)22-11-12-28(16-19(22)14-26-18)25(30)17-31-20-6-3-2-4-7-20/h2-10,13-14H,11-12,15-17H2,1H3,(H,27,29)/b10-9+. The minimum absolute atomic E-state index is 0.0120. The van der Waals surface area contributed by atoms with Gasteiger partial charge in [0.15, 0.2) is 6.61 Å². The zero-order valence-corrected chi connectivity index (χ0v) is 18.7. The van der Waals surface area contributed by atoms with Crippen molar-refractivity contribution in [2.45, 2.75) is 26.4 Å². The van der Waals surface area contributed by atoms with Crippen LogP contribution in [0, 0.1) is 6.92 Å². The third kappa shape index (κ3) is 5.42. The molecule has 1 N–H and O–H groups in total. The number of ether oxygens (including phenoxy) is 1. The molecule has 0 aliphatic carbocycles. The smallest absolute Gasteiger partial charge is 0.260 e. The Hall–Kier alpha value is -3.45. The van der Waals surface area contributed by atoms with Crippen molar-refractivity contribution in [2.24, 2.45) is 0 Å². The van der Waals surface area contributed by atoms with Crippen molar-refractivity contribution in [3.05, 3.63) is 87.4 Å². The molecule has 6 nitrogen and oxygen atoms in total. The maximum absolute atomic E-state index is 12.6. The van der Waals surface area contributed by atoms with E-state index in [1.54, 1.807) is 22.3 Å². The number of amides is 2. The predicted molar refractivity (Wildman–Crippen MR) is 125 cm³/mol. The van der Waals surface area contributed by atoms with E-state index in [9.17, 15) is 9.59 Å². The van der Waals surface area contributed by atoms with Crippen molar-refractivity contribution in [2.75, 3.05) is 13.2 Å². The highest BCUT2D eigenvalue weighted by atomic mass is 32.1. The highest BCUT2D eigenvalue weighted by Crippen LogP contribution is 2.24. The van der Waals surface area contributed by atoms with Crippen LogP contribution in [0.5, 0.6) is 5.75 Å². The fourth-order valence-corrected chi connectivity index (χ4v) is 4.32. The Morgan fingerprint density at radius 2 is 2.06 bits per heavy atom. The van der Waals surface area contributed by atoms with E-state index in [0.29, 0.717) is 25.4 Å². The molecule has 1 aliphatic rings. The molecule has 32 heavy (non-hydrogen) atoms. The van der Waals surface area contributed by atoms with E-state index in [2.05, 4.69) is 10.3 Å². The van der Waals surface area contributed by atoms with Gasteiger partial charge in [-0.05, 0) is 59.7 Å². The van der Waals surface area contributed by atoms with Gasteiger partial charge in [0.05, 0.1) is 0 Å². The predicted octanol–water partition coefficient (Wildman–Crippen LogP) is 3.74. The van der Waals surface area contributed by atoms with Crippen molar-refractivity contribution in [3.8, 4) is 5.75 Å². The molecule has 0 unspecified atom stereocenters. The minimum Gasteiger partial charge on any atom is -0.484 e. The number of benzene rings is 1. The van der Waals surface area contributed by atoms with Crippen LogP contribution in [0.2, 0.25) is 0 Å². The Morgan fingerprint density at radius 1 is 1.22 bits per heavy atom. The summed E-state index contributed by atoms with van der Waals surface area (Å²) in [6, 6.07) is 13.3. The number of aryl methyl sites for hydroxylation is 1. The van der Waals surface area contributed by atoms with Crippen LogP contribution in [0.25, 0.3) is 6.08 Å². The third-order valence-corrected chi connectivity index (χ3v) is 6.27. The molecule has 0 spiro atoms. The Balaban J connectivity index is 1.37. The molecule has 2 amide bonds. The van der Waals surface area contributed by atoms with Crippen LogP contribution in [-0.2, 0) is 29.1 Å². The molecule has 0 saturated carbocycles. The molecule has 0 radical (unpaired) electrons. The molecule has 3 aromatic rings. The summed E-state index contributed by atoms with van der Waals surface area (Å²) in [5.41, 5.74) is 4.13. The number of para-hydroxylation sites is 1. The topological polar surface area (TPSA) is 71.5 Å². The quantitative estimate of drug-likeness (QED) is 0.560. The van der Waals surface area contributed by atoms with Gasteiger partial charge in [-0.1, -0.05) is 24.3 Å². The van der Waals surface area contributed by atoms with Gasteiger partial charge in [-0.2, -0.15) is 0 Å². The summed E-state index contributed by atoms with van der Waals surface area (Å²) in [6.45, 7) is 3.50. The highest BCUT2D eigenvalue weighted by Gasteiger charge is 2.24. The fourth-order valence-electron chi connectivity index (χ4n) is 3.70. The van der Waals surface area contributed by atoms with Crippen LogP contribution in [0.3, 0.4) is 0 Å². The number of fused-ring (bicyclic) bond motifs is 1. The van der Waals surface area contributed by atoms with Gasteiger partial charge >= 0.3 is 0 Å². The molecule has 0 fully saturated rings. The summed E-state index contributed by atoms with van der Waals surface area (Å²) in [6.07, 6.45) is 5.93. The summed E-state index contributed by atoms with van der Waals surface area (Å²) in [5.74, 6) is 0.497. The van der Waals surface area contributed by atoms with Crippen molar-refractivity contribution < 1.29 is 14.3 Å². The number of aromatic nitrogens is 1. The molecule has 164 valence electrons. The minimum atomic E-state index is -0.138. The lowest BCUT2D eigenvalue weighted by molar-refractivity contribution is -0.134. The maximum atomic E-state index is 12.6. The van der Waals surface area contributed by atoms with Crippen molar-refractivity contribution in [3.63, 3.8) is 0 Å². The molecule has 1 aliphatic heterocycles. The average Bonchev–Trinajstić information content (AvgIpc) is 3.34. The molecule has 2 aromatic heterocycles. The zero-order valence-electron chi connectivity index (χ0n) is 17.9. The number of carbonyl (C=O) groups excluding carboxylic acids is 2. The van der Waals surface area contributed by atoms with E-state index in [1.807, 2.05) is 67.0 Å². The lowest BCUT2D eigenvalue weighted by atomic mass is 9.95. The number of carbonyl (C=O) groups is 2. The van der Waals surface area contributed by atoms with Gasteiger partial charge in [0.25, 0.3) is 5.91 Å². The summed E-state index contributed by atoms with van der Waals surface area (Å²) >= 11 is 1.59. The van der Waals surface area contributed by atoms with Crippen molar-refractivity contribution >= 4 is 29.2 Å². The molecule has 1 aromatic carbocycles. The number of nitrogens with zero attached hydrogens (tertiary/aromatic N) is 2. The third-order valence-electron chi connectivity index (χ3n) is 5.44. The Bertz CT molecular complexity index is 1110. The van der Waals surface area contributed by atoms with Gasteiger partial charge in [-0.25, -0.2) is 0 Å². The van der Waals surface area contributed by atoms with E-state index in [-0.39, 0.29) is 18.4 Å². The molecular formula is C25H25N3O3S. The first-order valence-corrected chi connectivity index (χ1v) is 11.4. The molecular weight excluding hydrogens is 422 g/mol. The van der Waals surface area contributed by atoms with Gasteiger partial charge in [-0.3, -0.25) is 14.6 Å². The number of rotatable bonds is 7. The van der Waals surface area contributed by atoms with Gasteiger partial charge in [0, 0.05) is 42.5 Å². The largest absolute Gasteiger partial charge is 0.484 e. The van der Waals surface area contributed by atoms with Gasteiger partial charge in [0.1, 0.15) is 5.75 Å². The lowest BCUT2D eigenvalue weighted by Gasteiger charge is -2.30. The number of thiophene rings is 1. The van der Waals surface area contributed by atoms with Crippen LogP contribution >= 0.6 is 11.3 Å². The molecule has 0 bridgehead atoms. The van der Waals surface area contributed by atoms with Crippen LogP contribution in [-0.4, -0.2) is 34.8 Å². The van der Waals surface area contributed by atoms with Gasteiger partial charge in [-0.15, -0.1) is 11.3 Å². The lowest BCUT2D eigenvalue weighted by Crippen LogP contribution is -2.39. The summed E-state index contributed by atoms with van der Waals surface area (Å²) in [5, 5.41) is 4.94. The second-order valence-corrected chi connectivity index (χ2v) is 8.54. The Morgan fingerprint density at radius 3 is 2.84 bits per heavy atom. The number of pyridine rings is 1. The maximum Gasteiger partial charge on any atom is 0.260 e. The summed E-state index contributed by atoms with van der Waals surface area (Å²) in [4.78, 5) is 32.2. The first-order valence-electron chi connectivity index (χ1n) is 10.5. The van der Waals surface area contributed by atoms with Crippen molar-refractivity contribution in [1.29, 1.82) is 0 Å². The Kier molecular flexibility index (Phi) is 6.97. The van der Waals surface area contributed by atoms with E-state index < -0.39 is 0 Å². The van der Waals surface area contributed by atoms with Crippen LogP contribution in [0.1, 0.15) is 27.3 Å². The highest BCUT2D eigenvalue weighted by molar-refractivity contribution is 7.10. The van der Waals surface area contributed by atoms with Crippen LogP contribution in [0.15, 0.2) is 60.1 Å². The fraction of sp³-hybridized carbons (Fsp3) is 0.240. The first kappa shape index (κ1) is 21.8. The number of nitrogens with one attached hydrogen (secondary N) is 1. The molecule has 3 heterocycles.